The predicted octanol–water partition coefficient (Wildman–Crippen LogP) is 1.35. The van der Waals surface area contributed by atoms with Gasteiger partial charge in [0.1, 0.15) is 6.10 Å². The van der Waals surface area contributed by atoms with Crippen LogP contribution in [0.3, 0.4) is 0 Å². The fourth-order valence-corrected chi connectivity index (χ4v) is 1.68. The van der Waals surface area contributed by atoms with Gasteiger partial charge in [0.05, 0.1) is 0 Å². The molecule has 2 unspecified atom stereocenters. The van der Waals surface area contributed by atoms with Gasteiger partial charge in [-0.1, -0.05) is 12.1 Å². The average molecular weight is 221 g/mol. The lowest BCUT2D eigenvalue weighted by Gasteiger charge is -2.30. The summed E-state index contributed by atoms with van der Waals surface area (Å²) in [4.78, 5) is 11.7. The maximum atomic E-state index is 11.7. The second-order valence-corrected chi connectivity index (χ2v) is 3.70. The summed E-state index contributed by atoms with van der Waals surface area (Å²) in [7, 11) is 0. The molecule has 1 heterocycles. The van der Waals surface area contributed by atoms with Gasteiger partial charge in [0.15, 0.2) is 11.5 Å². The van der Waals surface area contributed by atoms with Gasteiger partial charge < -0.3 is 14.8 Å². The summed E-state index contributed by atoms with van der Waals surface area (Å²) in [5.41, 5.74) is 0. The maximum absolute atomic E-state index is 11.7. The lowest BCUT2D eigenvalue weighted by Crippen LogP contribution is -2.48. The van der Waals surface area contributed by atoms with E-state index in [1.807, 2.05) is 32.0 Å². The van der Waals surface area contributed by atoms with Crippen LogP contribution >= 0.6 is 0 Å². The molecule has 4 heteroatoms. The van der Waals surface area contributed by atoms with Gasteiger partial charge in [0.2, 0.25) is 6.10 Å². The third kappa shape index (κ3) is 1.96. The van der Waals surface area contributed by atoms with Gasteiger partial charge in [-0.15, -0.1) is 0 Å². The van der Waals surface area contributed by atoms with Gasteiger partial charge in [-0.2, -0.15) is 0 Å². The van der Waals surface area contributed by atoms with Gasteiger partial charge in [-0.25, -0.2) is 0 Å². The molecular weight excluding hydrogens is 206 g/mol. The molecule has 1 aliphatic heterocycles. The molecule has 2 rings (SSSR count). The Bertz CT molecular complexity index is 392. The number of hydrogen-bond donors (Lipinski definition) is 1. The Balaban J connectivity index is 2.18. The van der Waals surface area contributed by atoms with E-state index in [1.165, 1.54) is 0 Å². The van der Waals surface area contributed by atoms with Crippen LogP contribution in [0.1, 0.15) is 13.8 Å². The number of amides is 1. The highest BCUT2D eigenvalue weighted by molar-refractivity contribution is 5.82. The van der Waals surface area contributed by atoms with E-state index in [1.54, 1.807) is 6.07 Å². The first-order valence-corrected chi connectivity index (χ1v) is 5.42. The first kappa shape index (κ1) is 10.8. The maximum Gasteiger partial charge on any atom is 0.264 e. The number of rotatable bonds is 2. The van der Waals surface area contributed by atoms with Gasteiger partial charge in [-0.05, 0) is 26.0 Å². The summed E-state index contributed by atoms with van der Waals surface area (Å²) in [5, 5.41) is 2.73. The van der Waals surface area contributed by atoms with Crippen molar-refractivity contribution in [1.82, 2.24) is 5.32 Å². The number of carbonyl (C=O) groups excluding carboxylic acids is 1. The summed E-state index contributed by atoms with van der Waals surface area (Å²) in [6.45, 7) is 4.29. The zero-order chi connectivity index (χ0) is 11.5. The molecule has 16 heavy (non-hydrogen) atoms. The number of hydrogen-bond acceptors (Lipinski definition) is 3. The van der Waals surface area contributed by atoms with Crippen LogP contribution in [0, 0.1) is 0 Å². The van der Waals surface area contributed by atoms with Crippen LogP contribution < -0.4 is 14.8 Å². The van der Waals surface area contributed by atoms with Crippen molar-refractivity contribution in [3.8, 4) is 11.5 Å². The second-order valence-electron chi connectivity index (χ2n) is 3.70. The first-order valence-electron chi connectivity index (χ1n) is 5.42. The van der Waals surface area contributed by atoms with Gasteiger partial charge in [0, 0.05) is 6.54 Å². The highest BCUT2D eigenvalue weighted by Gasteiger charge is 2.33. The Morgan fingerprint density at radius 2 is 1.94 bits per heavy atom. The fraction of sp³-hybridized carbons (Fsp3) is 0.417. The molecule has 0 fully saturated rings. The van der Waals surface area contributed by atoms with Crippen molar-refractivity contribution in [3.63, 3.8) is 0 Å². The van der Waals surface area contributed by atoms with Gasteiger partial charge in [0.25, 0.3) is 5.91 Å². The van der Waals surface area contributed by atoms with Crippen molar-refractivity contribution in [2.24, 2.45) is 0 Å². The van der Waals surface area contributed by atoms with E-state index in [2.05, 4.69) is 5.32 Å². The molecule has 1 aromatic rings. The van der Waals surface area contributed by atoms with Crippen molar-refractivity contribution in [2.45, 2.75) is 26.1 Å². The normalized spacial score (nSPS) is 22.6. The Morgan fingerprint density at radius 3 is 2.56 bits per heavy atom. The van der Waals surface area contributed by atoms with Crippen LogP contribution in [0.4, 0.5) is 0 Å². The fourth-order valence-electron chi connectivity index (χ4n) is 1.68. The van der Waals surface area contributed by atoms with Gasteiger partial charge in [-0.3, -0.25) is 4.79 Å². The van der Waals surface area contributed by atoms with Crippen LogP contribution in [0.25, 0.3) is 0 Å². The molecule has 1 N–H and O–H groups in total. The molecule has 86 valence electrons. The quantitative estimate of drug-likeness (QED) is 0.820. The summed E-state index contributed by atoms with van der Waals surface area (Å²) < 4.78 is 11.2. The SMILES string of the molecule is CCNC(=O)C1Oc2ccccc2OC1C. The number of likely N-dealkylation sites (N-methyl/N-ethyl adjacent to an activating group) is 1. The van der Waals surface area contributed by atoms with Crippen molar-refractivity contribution in [2.75, 3.05) is 6.54 Å². The number of benzene rings is 1. The molecule has 1 aliphatic rings. The molecule has 0 saturated heterocycles. The molecule has 1 aromatic carbocycles. The number of ether oxygens (including phenoxy) is 2. The number of nitrogens with one attached hydrogen (secondary N) is 1. The molecule has 0 saturated carbocycles. The van der Waals surface area contributed by atoms with E-state index in [0.29, 0.717) is 18.0 Å². The molecule has 4 nitrogen and oxygen atoms in total. The molecule has 0 spiro atoms. The third-order valence-corrected chi connectivity index (χ3v) is 2.45. The van der Waals surface area contributed by atoms with Gasteiger partial charge >= 0.3 is 0 Å². The predicted molar refractivity (Wildman–Crippen MR) is 59.6 cm³/mol. The second kappa shape index (κ2) is 4.43. The molecule has 1 amide bonds. The molecule has 0 bridgehead atoms. The van der Waals surface area contributed by atoms with Crippen LogP contribution in [0.5, 0.6) is 11.5 Å². The lowest BCUT2D eigenvalue weighted by atomic mass is 10.1. The first-order chi connectivity index (χ1) is 7.72. The highest BCUT2D eigenvalue weighted by atomic mass is 16.6. The zero-order valence-corrected chi connectivity index (χ0v) is 9.40. The summed E-state index contributed by atoms with van der Waals surface area (Å²) >= 11 is 0. The van der Waals surface area contributed by atoms with Crippen LogP contribution in [-0.2, 0) is 4.79 Å². The topological polar surface area (TPSA) is 47.6 Å². The summed E-state index contributed by atoms with van der Waals surface area (Å²) in [5.74, 6) is 1.18. The molecular formula is C12H15NO3. The molecule has 0 aliphatic carbocycles. The Labute approximate surface area is 94.6 Å². The average Bonchev–Trinajstić information content (AvgIpc) is 2.28. The lowest BCUT2D eigenvalue weighted by molar-refractivity contribution is -0.133. The largest absolute Gasteiger partial charge is 0.482 e. The van der Waals surface area contributed by atoms with E-state index < -0.39 is 6.10 Å². The van der Waals surface area contributed by atoms with Crippen LogP contribution in [-0.4, -0.2) is 24.7 Å². The number of para-hydroxylation sites is 2. The Hall–Kier alpha value is -1.71. The molecule has 0 aromatic heterocycles. The Kier molecular flexibility index (Phi) is 2.99. The summed E-state index contributed by atoms with van der Waals surface area (Å²) in [6, 6.07) is 7.36. The molecule has 0 radical (unpaired) electrons. The minimum absolute atomic E-state index is 0.135. The third-order valence-electron chi connectivity index (χ3n) is 2.45. The van der Waals surface area contributed by atoms with E-state index in [4.69, 9.17) is 9.47 Å². The summed E-state index contributed by atoms with van der Waals surface area (Å²) in [6.07, 6.45) is -0.851. The van der Waals surface area contributed by atoms with Crippen molar-refractivity contribution >= 4 is 5.91 Å². The molecule has 2 atom stereocenters. The van der Waals surface area contributed by atoms with Crippen molar-refractivity contribution in [3.05, 3.63) is 24.3 Å². The monoisotopic (exact) mass is 221 g/mol. The number of carbonyl (C=O) groups is 1. The van der Waals surface area contributed by atoms with Crippen LogP contribution in [0.2, 0.25) is 0 Å². The minimum Gasteiger partial charge on any atom is -0.482 e. The Morgan fingerprint density at radius 1 is 1.31 bits per heavy atom. The number of fused-ring (bicyclic) bond motifs is 1. The zero-order valence-electron chi connectivity index (χ0n) is 9.40. The van der Waals surface area contributed by atoms with Crippen molar-refractivity contribution in [1.29, 1.82) is 0 Å². The van der Waals surface area contributed by atoms with Crippen LogP contribution in [0.15, 0.2) is 24.3 Å². The standard InChI is InChI=1S/C12H15NO3/c1-3-13-12(14)11-8(2)15-9-6-4-5-7-10(9)16-11/h4-8,11H,3H2,1-2H3,(H,13,14). The van der Waals surface area contributed by atoms with E-state index in [9.17, 15) is 4.79 Å². The smallest absolute Gasteiger partial charge is 0.264 e. The van der Waals surface area contributed by atoms with Crippen molar-refractivity contribution < 1.29 is 14.3 Å². The minimum atomic E-state index is -0.574. The van der Waals surface area contributed by atoms with E-state index in [0.717, 1.165) is 0 Å². The highest BCUT2D eigenvalue weighted by Crippen LogP contribution is 2.33. The van der Waals surface area contributed by atoms with E-state index in [-0.39, 0.29) is 12.0 Å². The van der Waals surface area contributed by atoms with E-state index >= 15 is 0 Å².